The first-order valence-corrected chi connectivity index (χ1v) is 7.73. The molecule has 0 spiro atoms. The van der Waals surface area contributed by atoms with Crippen LogP contribution in [0.5, 0.6) is 0 Å². The maximum absolute atomic E-state index is 12.0. The Morgan fingerprint density at radius 2 is 1.87 bits per heavy atom. The maximum atomic E-state index is 12.0. The molecule has 0 fully saturated rings. The van der Waals surface area contributed by atoms with Crippen LogP contribution in [0.1, 0.15) is 10.4 Å². The van der Waals surface area contributed by atoms with Crippen LogP contribution in [0.3, 0.4) is 0 Å². The number of hydrogen-bond donors (Lipinski definition) is 3. The van der Waals surface area contributed by atoms with E-state index < -0.39 is 28.7 Å². The summed E-state index contributed by atoms with van der Waals surface area (Å²) < 4.78 is 62.3. The van der Waals surface area contributed by atoms with Gasteiger partial charge in [-0.25, -0.2) is 13.1 Å². The van der Waals surface area contributed by atoms with E-state index in [0.29, 0.717) is 6.54 Å². The van der Waals surface area contributed by atoms with Crippen molar-refractivity contribution in [3.8, 4) is 0 Å². The third-order valence-electron chi connectivity index (χ3n) is 2.52. The molecular formula is C12H17ClF3N3O3S. The first-order chi connectivity index (χ1) is 10.2. The SMILES string of the molecule is CNCCNS(=O)(=O)c1cccc(C(=O)NCC(F)(F)F)c1.Cl. The van der Waals surface area contributed by atoms with Gasteiger partial charge in [-0.2, -0.15) is 13.2 Å². The molecule has 0 bridgehead atoms. The first kappa shape index (κ1) is 21.6. The quantitative estimate of drug-likeness (QED) is 0.618. The lowest BCUT2D eigenvalue weighted by Crippen LogP contribution is -2.34. The van der Waals surface area contributed by atoms with Gasteiger partial charge in [0.05, 0.1) is 4.90 Å². The van der Waals surface area contributed by atoms with E-state index in [0.717, 1.165) is 6.07 Å². The third kappa shape index (κ3) is 7.64. The van der Waals surface area contributed by atoms with Gasteiger partial charge in [-0.1, -0.05) is 6.07 Å². The summed E-state index contributed by atoms with van der Waals surface area (Å²) in [6.07, 6.45) is -4.53. The molecule has 0 aliphatic heterocycles. The van der Waals surface area contributed by atoms with E-state index >= 15 is 0 Å². The van der Waals surface area contributed by atoms with E-state index in [4.69, 9.17) is 0 Å². The molecule has 1 aromatic rings. The summed E-state index contributed by atoms with van der Waals surface area (Å²) in [4.78, 5) is 11.4. The zero-order valence-electron chi connectivity index (χ0n) is 12.1. The minimum atomic E-state index is -4.53. The number of benzene rings is 1. The molecule has 0 heterocycles. The Morgan fingerprint density at radius 3 is 2.43 bits per heavy atom. The summed E-state index contributed by atoms with van der Waals surface area (Å²) in [6.45, 7) is -0.933. The molecule has 1 amide bonds. The number of carbonyl (C=O) groups excluding carboxylic acids is 1. The Labute approximate surface area is 138 Å². The molecular weight excluding hydrogens is 359 g/mol. The van der Waals surface area contributed by atoms with Gasteiger partial charge in [0.15, 0.2) is 0 Å². The van der Waals surface area contributed by atoms with Crippen molar-refractivity contribution in [3.05, 3.63) is 29.8 Å². The summed E-state index contributed by atoms with van der Waals surface area (Å²) in [5.74, 6) is -0.996. The van der Waals surface area contributed by atoms with E-state index in [1.54, 1.807) is 12.4 Å². The molecule has 1 aromatic carbocycles. The molecule has 23 heavy (non-hydrogen) atoms. The zero-order chi connectivity index (χ0) is 16.8. The molecule has 0 aliphatic rings. The number of rotatable bonds is 7. The van der Waals surface area contributed by atoms with Crippen LogP contribution < -0.4 is 15.4 Å². The molecule has 3 N–H and O–H groups in total. The average molecular weight is 376 g/mol. The van der Waals surface area contributed by atoms with Gasteiger partial charge in [-0.15, -0.1) is 12.4 Å². The molecule has 0 saturated heterocycles. The number of amides is 1. The summed E-state index contributed by atoms with van der Waals surface area (Å²) in [6, 6.07) is 4.79. The second-order valence-corrected chi connectivity index (χ2v) is 6.09. The van der Waals surface area contributed by atoms with Crippen LogP contribution in [0.25, 0.3) is 0 Å². The molecule has 1 rings (SSSR count). The lowest BCUT2D eigenvalue weighted by atomic mass is 10.2. The average Bonchev–Trinajstić information content (AvgIpc) is 2.44. The van der Waals surface area contributed by atoms with Crippen LogP contribution in [0.4, 0.5) is 13.2 Å². The van der Waals surface area contributed by atoms with Gasteiger partial charge < -0.3 is 10.6 Å². The fourth-order valence-electron chi connectivity index (χ4n) is 1.48. The summed E-state index contributed by atoms with van der Waals surface area (Å²) in [5, 5.41) is 4.44. The van der Waals surface area contributed by atoms with Gasteiger partial charge in [0.2, 0.25) is 10.0 Å². The molecule has 0 aromatic heterocycles. The third-order valence-corrected chi connectivity index (χ3v) is 3.98. The molecule has 6 nitrogen and oxygen atoms in total. The highest BCUT2D eigenvalue weighted by molar-refractivity contribution is 7.89. The van der Waals surface area contributed by atoms with E-state index in [2.05, 4.69) is 10.0 Å². The predicted molar refractivity (Wildman–Crippen MR) is 81.2 cm³/mol. The Bertz CT molecular complexity index is 623. The number of carbonyl (C=O) groups is 1. The number of nitrogens with one attached hydrogen (secondary N) is 3. The Hall–Kier alpha value is -1.36. The largest absolute Gasteiger partial charge is 0.405 e. The summed E-state index contributed by atoms with van der Waals surface area (Å²) in [7, 11) is -2.17. The number of sulfonamides is 1. The minimum absolute atomic E-state index is 0. The summed E-state index contributed by atoms with van der Waals surface area (Å²) >= 11 is 0. The molecule has 0 radical (unpaired) electrons. The van der Waals surface area contributed by atoms with Crippen LogP contribution >= 0.6 is 12.4 Å². The number of halogens is 4. The van der Waals surface area contributed by atoms with Crippen LogP contribution in [-0.2, 0) is 10.0 Å². The van der Waals surface area contributed by atoms with Crippen molar-refractivity contribution in [1.29, 1.82) is 0 Å². The molecule has 0 atom stereocenters. The van der Waals surface area contributed by atoms with E-state index in [1.165, 1.54) is 18.2 Å². The topological polar surface area (TPSA) is 87.3 Å². The van der Waals surface area contributed by atoms with Gasteiger partial charge in [-0.05, 0) is 25.2 Å². The first-order valence-electron chi connectivity index (χ1n) is 6.25. The Kier molecular flexibility index (Phi) is 8.53. The van der Waals surface area contributed by atoms with Crippen molar-refractivity contribution in [1.82, 2.24) is 15.4 Å². The summed E-state index contributed by atoms with van der Waals surface area (Å²) in [5.41, 5.74) is -0.166. The smallest absolute Gasteiger partial charge is 0.343 e. The Morgan fingerprint density at radius 1 is 1.22 bits per heavy atom. The second-order valence-electron chi connectivity index (χ2n) is 4.33. The van der Waals surface area contributed by atoms with Gasteiger partial charge in [-0.3, -0.25) is 4.79 Å². The monoisotopic (exact) mass is 375 g/mol. The maximum Gasteiger partial charge on any atom is 0.405 e. The minimum Gasteiger partial charge on any atom is -0.343 e. The van der Waals surface area contributed by atoms with Crippen molar-refractivity contribution in [2.45, 2.75) is 11.1 Å². The second kappa shape index (κ2) is 9.06. The van der Waals surface area contributed by atoms with E-state index in [9.17, 15) is 26.4 Å². The fraction of sp³-hybridized carbons (Fsp3) is 0.417. The highest BCUT2D eigenvalue weighted by atomic mass is 35.5. The molecule has 0 aliphatic carbocycles. The molecule has 11 heteroatoms. The van der Waals surface area contributed by atoms with Gasteiger partial charge in [0, 0.05) is 18.7 Å². The van der Waals surface area contributed by atoms with Crippen molar-refractivity contribution in [3.63, 3.8) is 0 Å². The Balaban J connectivity index is 0.00000484. The molecule has 132 valence electrons. The molecule has 0 unspecified atom stereocenters. The highest BCUT2D eigenvalue weighted by Gasteiger charge is 2.28. The van der Waals surface area contributed by atoms with E-state index in [-0.39, 0.29) is 29.4 Å². The van der Waals surface area contributed by atoms with Gasteiger partial charge >= 0.3 is 6.18 Å². The van der Waals surface area contributed by atoms with Gasteiger partial charge in [0.1, 0.15) is 6.54 Å². The van der Waals surface area contributed by atoms with Crippen LogP contribution in [0.15, 0.2) is 29.2 Å². The highest BCUT2D eigenvalue weighted by Crippen LogP contribution is 2.14. The van der Waals surface area contributed by atoms with Crippen LogP contribution in [0.2, 0.25) is 0 Å². The van der Waals surface area contributed by atoms with Crippen molar-refractivity contribution < 1.29 is 26.4 Å². The van der Waals surface area contributed by atoms with E-state index in [1.807, 2.05) is 0 Å². The fourth-order valence-corrected chi connectivity index (χ4v) is 2.56. The molecule has 0 saturated carbocycles. The number of likely N-dealkylation sites (N-methyl/N-ethyl adjacent to an activating group) is 1. The number of hydrogen-bond acceptors (Lipinski definition) is 4. The van der Waals surface area contributed by atoms with Crippen molar-refractivity contribution in [2.24, 2.45) is 0 Å². The van der Waals surface area contributed by atoms with Crippen LogP contribution in [-0.4, -0.2) is 47.2 Å². The lowest BCUT2D eigenvalue weighted by molar-refractivity contribution is -0.123. The normalized spacial score (nSPS) is 11.7. The van der Waals surface area contributed by atoms with Gasteiger partial charge in [0.25, 0.3) is 5.91 Å². The predicted octanol–water partition coefficient (Wildman–Crippen LogP) is 0.898. The lowest BCUT2D eigenvalue weighted by Gasteiger charge is -2.10. The standard InChI is InChI=1S/C12H16F3N3O3S.ClH/c1-16-5-6-18-22(20,21)10-4-2-3-9(7-10)11(19)17-8-12(13,14)15;/h2-4,7,16,18H,5-6,8H2,1H3,(H,17,19);1H. The zero-order valence-corrected chi connectivity index (χ0v) is 13.7. The number of alkyl halides is 3. The van der Waals surface area contributed by atoms with Crippen molar-refractivity contribution >= 4 is 28.3 Å². The van der Waals surface area contributed by atoms with Crippen LogP contribution in [0, 0.1) is 0 Å². The van der Waals surface area contributed by atoms with Crippen molar-refractivity contribution in [2.75, 3.05) is 26.7 Å².